The van der Waals surface area contributed by atoms with Gasteiger partial charge in [-0.3, -0.25) is 9.59 Å². The lowest BCUT2D eigenvalue weighted by Crippen LogP contribution is -2.36. The zero-order valence-electron chi connectivity index (χ0n) is 8.85. The average Bonchev–Trinajstić information content (AvgIpc) is 2.14. The van der Waals surface area contributed by atoms with E-state index < -0.39 is 0 Å². The molecular formula is C9H19N3O2. The highest BCUT2D eigenvalue weighted by Gasteiger charge is 1.99. The van der Waals surface area contributed by atoms with Gasteiger partial charge in [-0.2, -0.15) is 0 Å². The molecule has 0 radical (unpaired) electrons. The first-order chi connectivity index (χ1) is 6.66. The summed E-state index contributed by atoms with van der Waals surface area (Å²) in [6.45, 7) is 5.98. The molecule has 14 heavy (non-hydrogen) atoms. The van der Waals surface area contributed by atoms with E-state index in [4.69, 9.17) is 0 Å². The summed E-state index contributed by atoms with van der Waals surface area (Å²) in [5, 5.41) is 8.29. The van der Waals surface area contributed by atoms with Gasteiger partial charge >= 0.3 is 0 Å². The largest absolute Gasteiger partial charge is 0.355 e. The first-order valence-electron chi connectivity index (χ1n) is 4.88. The standard InChI is InChI=1S/C9H19N3O2/c1-3-10-5-4-6-11-9(14)7-12-8(2)13/h10H,3-7H2,1-2H3,(H,11,14)(H,12,13). The molecule has 0 aliphatic rings. The van der Waals surface area contributed by atoms with Gasteiger partial charge in [-0.25, -0.2) is 0 Å². The average molecular weight is 201 g/mol. The predicted octanol–water partition coefficient (Wildman–Crippen LogP) is -0.762. The highest BCUT2D eigenvalue weighted by atomic mass is 16.2. The molecule has 82 valence electrons. The Morgan fingerprint density at radius 2 is 1.86 bits per heavy atom. The van der Waals surface area contributed by atoms with Crippen molar-refractivity contribution < 1.29 is 9.59 Å². The summed E-state index contributed by atoms with van der Waals surface area (Å²) in [7, 11) is 0. The summed E-state index contributed by atoms with van der Waals surface area (Å²) in [4.78, 5) is 21.5. The number of hydrogen-bond acceptors (Lipinski definition) is 3. The fraction of sp³-hybridized carbons (Fsp3) is 0.778. The number of carbonyl (C=O) groups excluding carboxylic acids is 2. The van der Waals surface area contributed by atoms with E-state index >= 15 is 0 Å². The smallest absolute Gasteiger partial charge is 0.239 e. The van der Waals surface area contributed by atoms with Crippen LogP contribution in [0.2, 0.25) is 0 Å². The fourth-order valence-electron chi connectivity index (χ4n) is 0.885. The SMILES string of the molecule is CCNCCCNC(=O)CNC(C)=O. The molecule has 0 spiro atoms. The molecule has 0 aromatic heterocycles. The molecule has 0 atom stereocenters. The van der Waals surface area contributed by atoms with Crippen LogP contribution in [0.15, 0.2) is 0 Å². The Kier molecular flexibility index (Phi) is 7.83. The van der Waals surface area contributed by atoms with Crippen molar-refractivity contribution in [3.05, 3.63) is 0 Å². The molecule has 0 rings (SSSR count). The number of rotatable bonds is 7. The molecule has 0 aromatic rings. The Labute approximate surface area is 84.6 Å². The van der Waals surface area contributed by atoms with Gasteiger partial charge in [0.2, 0.25) is 11.8 Å². The highest BCUT2D eigenvalue weighted by Crippen LogP contribution is 1.73. The van der Waals surface area contributed by atoms with Gasteiger partial charge in [-0.15, -0.1) is 0 Å². The zero-order valence-corrected chi connectivity index (χ0v) is 8.85. The van der Waals surface area contributed by atoms with Crippen LogP contribution < -0.4 is 16.0 Å². The minimum absolute atomic E-state index is 0.0660. The van der Waals surface area contributed by atoms with Crippen molar-refractivity contribution in [3.8, 4) is 0 Å². The van der Waals surface area contributed by atoms with Crippen molar-refractivity contribution in [3.63, 3.8) is 0 Å². The monoisotopic (exact) mass is 201 g/mol. The van der Waals surface area contributed by atoms with Crippen LogP contribution in [0.4, 0.5) is 0 Å². The molecule has 3 N–H and O–H groups in total. The Bertz CT molecular complexity index is 183. The summed E-state index contributed by atoms with van der Waals surface area (Å²) in [5.41, 5.74) is 0. The second-order valence-electron chi connectivity index (χ2n) is 2.97. The van der Waals surface area contributed by atoms with E-state index in [0.717, 1.165) is 19.5 Å². The van der Waals surface area contributed by atoms with Crippen molar-refractivity contribution in [2.24, 2.45) is 0 Å². The summed E-state index contributed by atoms with van der Waals surface area (Å²) in [6.07, 6.45) is 0.902. The molecule has 2 amide bonds. The van der Waals surface area contributed by atoms with Gasteiger partial charge in [0.05, 0.1) is 6.54 Å². The molecule has 0 unspecified atom stereocenters. The van der Waals surface area contributed by atoms with E-state index in [1.165, 1.54) is 6.92 Å². The molecule has 5 nitrogen and oxygen atoms in total. The van der Waals surface area contributed by atoms with Crippen LogP contribution in [-0.4, -0.2) is 38.0 Å². The topological polar surface area (TPSA) is 70.2 Å². The van der Waals surface area contributed by atoms with E-state index in [-0.39, 0.29) is 18.4 Å². The van der Waals surface area contributed by atoms with E-state index in [2.05, 4.69) is 16.0 Å². The Hall–Kier alpha value is -1.10. The number of amides is 2. The van der Waals surface area contributed by atoms with Crippen molar-refractivity contribution in [2.75, 3.05) is 26.2 Å². The molecule has 0 fully saturated rings. The number of nitrogens with one attached hydrogen (secondary N) is 3. The van der Waals surface area contributed by atoms with Crippen LogP contribution in [0.25, 0.3) is 0 Å². The van der Waals surface area contributed by atoms with Gasteiger partial charge in [-0.1, -0.05) is 6.92 Å². The summed E-state index contributed by atoms with van der Waals surface area (Å²) in [6, 6.07) is 0. The van der Waals surface area contributed by atoms with Crippen LogP contribution in [0.5, 0.6) is 0 Å². The van der Waals surface area contributed by atoms with Crippen molar-refractivity contribution in [1.82, 2.24) is 16.0 Å². The van der Waals surface area contributed by atoms with Crippen LogP contribution in [0.1, 0.15) is 20.3 Å². The molecule has 0 aliphatic carbocycles. The van der Waals surface area contributed by atoms with Crippen LogP contribution in [0.3, 0.4) is 0 Å². The molecule has 0 aliphatic heterocycles. The summed E-state index contributed by atoms with van der Waals surface area (Å²) < 4.78 is 0. The first-order valence-corrected chi connectivity index (χ1v) is 4.88. The Morgan fingerprint density at radius 1 is 1.14 bits per heavy atom. The summed E-state index contributed by atoms with van der Waals surface area (Å²) >= 11 is 0. The van der Waals surface area contributed by atoms with Crippen LogP contribution in [0, 0.1) is 0 Å². The fourth-order valence-corrected chi connectivity index (χ4v) is 0.885. The van der Waals surface area contributed by atoms with Crippen LogP contribution >= 0.6 is 0 Å². The van der Waals surface area contributed by atoms with E-state index in [9.17, 15) is 9.59 Å². The zero-order chi connectivity index (χ0) is 10.8. The third kappa shape index (κ3) is 8.99. The van der Waals surface area contributed by atoms with E-state index in [1.54, 1.807) is 0 Å². The Morgan fingerprint density at radius 3 is 2.43 bits per heavy atom. The van der Waals surface area contributed by atoms with Gasteiger partial charge in [0.15, 0.2) is 0 Å². The third-order valence-electron chi connectivity index (χ3n) is 1.60. The van der Waals surface area contributed by atoms with E-state index in [0.29, 0.717) is 6.54 Å². The van der Waals surface area contributed by atoms with Gasteiger partial charge < -0.3 is 16.0 Å². The lowest BCUT2D eigenvalue weighted by atomic mass is 10.4. The minimum atomic E-state index is -0.187. The predicted molar refractivity (Wildman–Crippen MR) is 54.9 cm³/mol. The van der Waals surface area contributed by atoms with Crippen LogP contribution in [-0.2, 0) is 9.59 Å². The van der Waals surface area contributed by atoms with Gasteiger partial charge in [-0.05, 0) is 19.5 Å². The van der Waals surface area contributed by atoms with Crippen molar-refractivity contribution in [2.45, 2.75) is 20.3 Å². The minimum Gasteiger partial charge on any atom is -0.355 e. The second-order valence-corrected chi connectivity index (χ2v) is 2.97. The normalized spacial score (nSPS) is 9.57. The molecule has 5 heteroatoms. The quantitative estimate of drug-likeness (QED) is 0.474. The van der Waals surface area contributed by atoms with Crippen molar-refractivity contribution >= 4 is 11.8 Å². The van der Waals surface area contributed by atoms with Gasteiger partial charge in [0.1, 0.15) is 0 Å². The second kappa shape index (κ2) is 8.50. The maximum absolute atomic E-state index is 11.0. The maximum atomic E-state index is 11.0. The molecule has 0 bridgehead atoms. The number of hydrogen-bond donors (Lipinski definition) is 3. The Balaban J connectivity index is 3.22. The molecular weight excluding hydrogens is 182 g/mol. The molecule has 0 saturated heterocycles. The molecule has 0 heterocycles. The lowest BCUT2D eigenvalue weighted by Gasteiger charge is -2.05. The lowest BCUT2D eigenvalue weighted by molar-refractivity contribution is -0.125. The molecule has 0 saturated carbocycles. The van der Waals surface area contributed by atoms with Gasteiger partial charge in [0, 0.05) is 13.5 Å². The van der Waals surface area contributed by atoms with Gasteiger partial charge in [0.25, 0.3) is 0 Å². The first kappa shape index (κ1) is 12.9. The van der Waals surface area contributed by atoms with Crippen molar-refractivity contribution in [1.29, 1.82) is 0 Å². The highest BCUT2D eigenvalue weighted by molar-refractivity contribution is 5.83. The van der Waals surface area contributed by atoms with E-state index in [1.807, 2.05) is 6.92 Å². The maximum Gasteiger partial charge on any atom is 0.239 e. The third-order valence-corrected chi connectivity index (χ3v) is 1.60. The summed E-state index contributed by atoms with van der Waals surface area (Å²) in [5.74, 6) is -0.329. The molecule has 0 aromatic carbocycles. The number of carbonyl (C=O) groups is 2.